The summed E-state index contributed by atoms with van der Waals surface area (Å²) in [5, 5.41) is 3.89. The minimum absolute atomic E-state index is 0.308. The molecule has 3 aromatic rings. The van der Waals surface area contributed by atoms with Crippen LogP contribution in [0.1, 0.15) is 31.5 Å². The first kappa shape index (κ1) is 20.0. The molecule has 10 heteroatoms. The van der Waals surface area contributed by atoms with Crippen LogP contribution in [-0.2, 0) is 19.1 Å². The molecule has 29 heavy (non-hydrogen) atoms. The highest BCUT2D eigenvalue weighted by atomic mass is 32.1. The van der Waals surface area contributed by atoms with Crippen LogP contribution in [0.15, 0.2) is 24.3 Å². The number of benzene rings is 1. The van der Waals surface area contributed by atoms with Gasteiger partial charge in [-0.25, -0.2) is 9.97 Å². The molecule has 4 rings (SSSR count). The number of hydrogen-bond donors (Lipinski definition) is 1. The first-order chi connectivity index (χ1) is 13.7. The molecule has 1 aliphatic heterocycles. The number of fused-ring (bicyclic) bond motifs is 1. The Labute approximate surface area is 173 Å². The van der Waals surface area contributed by atoms with Crippen LogP contribution in [0.4, 0.5) is 18.3 Å². The van der Waals surface area contributed by atoms with Gasteiger partial charge in [-0.2, -0.15) is 13.2 Å². The third-order valence-electron chi connectivity index (χ3n) is 4.60. The van der Waals surface area contributed by atoms with E-state index in [0.717, 1.165) is 53.6 Å². The Balaban J connectivity index is 1.52. The Bertz CT molecular complexity index is 1060. The molecule has 3 heterocycles. The molecule has 1 aliphatic rings. The molecular formula is C19H17F3N4OS2. The van der Waals surface area contributed by atoms with Crippen LogP contribution in [0, 0.1) is 6.92 Å². The number of likely N-dealkylation sites (N-methyl/N-ethyl adjacent to an activating group) is 1. The van der Waals surface area contributed by atoms with Crippen LogP contribution in [-0.4, -0.2) is 34.4 Å². The highest BCUT2D eigenvalue weighted by molar-refractivity contribution is 7.18. The van der Waals surface area contributed by atoms with E-state index in [0.29, 0.717) is 26.3 Å². The summed E-state index contributed by atoms with van der Waals surface area (Å²) in [6, 6.07) is 4.77. The zero-order valence-corrected chi connectivity index (χ0v) is 17.3. The Morgan fingerprint density at radius 3 is 2.59 bits per heavy atom. The first-order valence-electron chi connectivity index (χ1n) is 8.84. The second-order valence-electron chi connectivity index (χ2n) is 6.84. The van der Waals surface area contributed by atoms with Gasteiger partial charge in [-0.3, -0.25) is 10.1 Å². The summed E-state index contributed by atoms with van der Waals surface area (Å²) in [7, 11) is 2.05. The average Bonchev–Trinajstić information content (AvgIpc) is 3.23. The van der Waals surface area contributed by atoms with Gasteiger partial charge in [0.25, 0.3) is 5.91 Å². The molecule has 0 aliphatic carbocycles. The van der Waals surface area contributed by atoms with Crippen molar-refractivity contribution in [2.45, 2.75) is 26.1 Å². The fourth-order valence-corrected chi connectivity index (χ4v) is 5.11. The minimum atomic E-state index is -4.38. The normalized spacial score (nSPS) is 14.7. The molecule has 0 spiro atoms. The maximum Gasteiger partial charge on any atom is 0.416 e. The monoisotopic (exact) mass is 438 g/mol. The van der Waals surface area contributed by atoms with E-state index in [-0.39, 0.29) is 5.91 Å². The number of anilines is 1. The number of carbonyl (C=O) groups excluding carboxylic acids is 1. The predicted octanol–water partition coefficient (Wildman–Crippen LogP) is 4.83. The van der Waals surface area contributed by atoms with Gasteiger partial charge in [-0.1, -0.05) is 12.1 Å². The molecule has 2 aromatic heterocycles. The summed E-state index contributed by atoms with van der Waals surface area (Å²) in [6.07, 6.45) is -3.53. The maximum absolute atomic E-state index is 12.7. The molecule has 0 unspecified atom stereocenters. The Hall–Kier alpha value is -2.30. The standard InChI is InChI=1S/C19H17F3N4OS2/c1-10-15(16(27)25-18-24-13-7-8-26(2)9-14(13)28-18)29-17(23-10)11-3-5-12(6-4-11)19(20,21)22/h3-6H,7-9H2,1-2H3,(H,24,25,27). The summed E-state index contributed by atoms with van der Waals surface area (Å²) in [4.78, 5) is 25.4. The number of thiazole rings is 2. The zero-order chi connectivity index (χ0) is 20.8. The van der Waals surface area contributed by atoms with E-state index in [4.69, 9.17) is 0 Å². The van der Waals surface area contributed by atoms with Crippen molar-refractivity contribution in [1.82, 2.24) is 14.9 Å². The van der Waals surface area contributed by atoms with Crippen LogP contribution in [0.3, 0.4) is 0 Å². The average molecular weight is 439 g/mol. The van der Waals surface area contributed by atoms with E-state index in [2.05, 4.69) is 20.2 Å². The zero-order valence-electron chi connectivity index (χ0n) is 15.6. The Morgan fingerprint density at radius 2 is 1.90 bits per heavy atom. The first-order valence-corrected chi connectivity index (χ1v) is 10.5. The number of alkyl halides is 3. The molecule has 1 N–H and O–H groups in total. The highest BCUT2D eigenvalue weighted by Crippen LogP contribution is 2.34. The van der Waals surface area contributed by atoms with E-state index in [1.54, 1.807) is 6.92 Å². The number of aryl methyl sites for hydroxylation is 1. The molecule has 0 atom stereocenters. The van der Waals surface area contributed by atoms with E-state index < -0.39 is 11.7 Å². The SMILES string of the molecule is Cc1nc(-c2ccc(C(F)(F)F)cc2)sc1C(=O)Nc1nc2c(s1)CN(C)CC2. The third kappa shape index (κ3) is 4.19. The third-order valence-corrected chi connectivity index (χ3v) is 6.81. The Morgan fingerprint density at radius 1 is 1.17 bits per heavy atom. The molecule has 152 valence electrons. The van der Waals surface area contributed by atoms with Crippen LogP contribution in [0.25, 0.3) is 10.6 Å². The van der Waals surface area contributed by atoms with Gasteiger partial charge in [0.15, 0.2) is 5.13 Å². The van der Waals surface area contributed by atoms with Crippen LogP contribution >= 0.6 is 22.7 Å². The van der Waals surface area contributed by atoms with Crippen molar-refractivity contribution in [3.63, 3.8) is 0 Å². The van der Waals surface area contributed by atoms with E-state index in [1.165, 1.54) is 23.5 Å². The molecule has 1 aromatic carbocycles. The number of nitrogens with zero attached hydrogens (tertiary/aromatic N) is 3. The van der Waals surface area contributed by atoms with E-state index >= 15 is 0 Å². The largest absolute Gasteiger partial charge is 0.416 e. The lowest BCUT2D eigenvalue weighted by atomic mass is 10.1. The fourth-order valence-electron chi connectivity index (χ4n) is 3.06. The fraction of sp³-hybridized carbons (Fsp3) is 0.316. The lowest BCUT2D eigenvalue weighted by Crippen LogP contribution is -2.25. The van der Waals surface area contributed by atoms with Gasteiger partial charge in [0.1, 0.15) is 9.88 Å². The molecule has 5 nitrogen and oxygen atoms in total. The number of carbonyl (C=O) groups is 1. The van der Waals surface area contributed by atoms with Crippen molar-refractivity contribution >= 4 is 33.7 Å². The number of amides is 1. The summed E-state index contributed by atoms with van der Waals surface area (Å²) < 4.78 is 38.2. The smallest absolute Gasteiger partial charge is 0.301 e. The number of rotatable bonds is 3. The van der Waals surface area contributed by atoms with Crippen LogP contribution < -0.4 is 5.32 Å². The second kappa shape index (κ2) is 7.51. The van der Waals surface area contributed by atoms with Gasteiger partial charge >= 0.3 is 6.18 Å². The molecule has 1 amide bonds. The van der Waals surface area contributed by atoms with E-state index in [1.807, 2.05) is 7.05 Å². The topological polar surface area (TPSA) is 58.1 Å². The van der Waals surface area contributed by atoms with Crippen LogP contribution in [0.2, 0.25) is 0 Å². The van der Waals surface area contributed by atoms with Crippen molar-refractivity contribution in [2.24, 2.45) is 0 Å². The molecule has 0 radical (unpaired) electrons. The quantitative estimate of drug-likeness (QED) is 0.636. The minimum Gasteiger partial charge on any atom is -0.301 e. The number of nitrogens with one attached hydrogen (secondary N) is 1. The van der Waals surface area contributed by atoms with Crippen molar-refractivity contribution in [3.8, 4) is 10.6 Å². The summed E-state index contributed by atoms with van der Waals surface area (Å²) >= 11 is 2.62. The van der Waals surface area contributed by atoms with E-state index in [9.17, 15) is 18.0 Å². The van der Waals surface area contributed by atoms with Crippen molar-refractivity contribution in [2.75, 3.05) is 18.9 Å². The van der Waals surface area contributed by atoms with Gasteiger partial charge in [-0.15, -0.1) is 22.7 Å². The Kier molecular flexibility index (Phi) is 5.18. The van der Waals surface area contributed by atoms with Crippen LogP contribution in [0.5, 0.6) is 0 Å². The van der Waals surface area contributed by atoms with Gasteiger partial charge in [0.2, 0.25) is 0 Å². The lowest BCUT2D eigenvalue weighted by Gasteiger charge is -2.20. The molecule has 0 saturated carbocycles. The number of aromatic nitrogens is 2. The summed E-state index contributed by atoms with van der Waals surface area (Å²) in [6.45, 7) is 3.47. The molecular weight excluding hydrogens is 421 g/mol. The van der Waals surface area contributed by atoms with Gasteiger partial charge in [0.05, 0.1) is 17.0 Å². The maximum atomic E-state index is 12.7. The van der Waals surface area contributed by atoms with Crippen molar-refractivity contribution in [3.05, 3.63) is 51.0 Å². The molecule has 0 fully saturated rings. The van der Waals surface area contributed by atoms with Crippen molar-refractivity contribution in [1.29, 1.82) is 0 Å². The lowest BCUT2D eigenvalue weighted by molar-refractivity contribution is -0.137. The highest BCUT2D eigenvalue weighted by Gasteiger charge is 2.30. The second-order valence-corrected chi connectivity index (χ2v) is 8.92. The number of hydrogen-bond acceptors (Lipinski definition) is 6. The number of halogens is 3. The predicted molar refractivity (Wildman–Crippen MR) is 107 cm³/mol. The van der Waals surface area contributed by atoms with Crippen molar-refractivity contribution < 1.29 is 18.0 Å². The summed E-state index contributed by atoms with van der Waals surface area (Å²) in [5.74, 6) is -0.308. The molecule has 0 bridgehead atoms. The van der Waals surface area contributed by atoms with Gasteiger partial charge in [-0.05, 0) is 26.1 Å². The van der Waals surface area contributed by atoms with Gasteiger partial charge in [0, 0.05) is 30.0 Å². The molecule has 0 saturated heterocycles. The van der Waals surface area contributed by atoms with Gasteiger partial charge < -0.3 is 4.90 Å². The summed E-state index contributed by atoms with van der Waals surface area (Å²) in [5.41, 5.74) is 1.38.